The molecule has 212 valence electrons. The lowest BCUT2D eigenvalue weighted by Crippen LogP contribution is -2.60. The molecule has 11 nitrogen and oxygen atoms in total. The number of halogens is 2. The van der Waals surface area contributed by atoms with Crippen LogP contribution in [0.5, 0.6) is 11.5 Å². The fourth-order valence-corrected chi connectivity index (χ4v) is 8.02. The van der Waals surface area contributed by atoms with Gasteiger partial charge in [0.25, 0.3) is 17.5 Å². The number of para-hydroxylation sites is 1. The lowest BCUT2D eigenvalue weighted by molar-refractivity contribution is -0.384. The van der Waals surface area contributed by atoms with Gasteiger partial charge in [-0.25, -0.2) is 0 Å². The predicted octanol–water partition coefficient (Wildman–Crippen LogP) is 3.50. The van der Waals surface area contributed by atoms with E-state index in [1.807, 2.05) is 0 Å². The van der Waals surface area contributed by atoms with Crippen molar-refractivity contribution in [3.05, 3.63) is 69.8 Å². The summed E-state index contributed by atoms with van der Waals surface area (Å²) < 4.78 is 5.28. The van der Waals surface area contributed by atoms with Gasteiger partial charge in [0.15, 0.2) is 21.2 Å². The lowest BCUT2D eigenvalue weighted by atomic mass is 9.56. The van der Waals surface area contributed by atoms with Crippen molar-refractivity contribution >= 4 is 58.2 Å². The van der Waals surface area contributed by atoms with Crippen molar-refractivity contribution in [2.45, 2.75) is 28.5 Å². The second-order valence-corrected chi connectivity index (χ2v) is 11.9. The van der Waals surface area contributed by atoms with Gasteiger partial charge in [0.1, 0.15) is 0 Å². The van der Waals surface area contributed by atoms with E-state index in [0.29, 0.717) is 5.57 Å². The number of nitrogens with zero attached hydrogens (tertiary/aromatic N) is 3. The number of carbonyl (C=O) groups is 4. The monoisotopic (exact) mass is 599 g/mol. The first-order valence-electron chi connectivity index (χ1n) is 12.8. The zero-order valence-corrected chi connectivity index (χ0v) is 23.3. The summed E-state index contributed by atoms with van der Waals surface area (Å²) in [5.41, 5.74) is 0.695. The Balaban J connectivity index is 1.50. The standard InChI is InChI=1S/C28H23Cl2N3O8/c1-31-25(37)27(29)12-18-15(21(28(27,30)26(31)38)17-4-3-5-19(41-2)22(17)34)10-11-16-20(18)24(36)32(23(16)35)13-6-8-14(9-7-13)33(39)40/h3-10,16,18,20-21,34H,11-12H2,1-2H3. The van der Waals surface area contributed by atoms with Crippen LogP contribution in [-0.2, 0) is 19.2 Å². The van der Waals surface area contributed by atoms with Gasteiger partial charge in [0.05, 0.1) is 29.6 Å². The van der Waals surface area contributed by atoms with E-state index in [4.69, 9.17) is 27.9 Å². The number of phenols is 1. The molecule has 1 saturated carbocycles. The van der Waals surface area contributed by atoms with Crippen LogP contribution in [0.2, 0.25) is 0 Å². The van der Waals surface area contributed by atoms with Crippen LogP contribution in [0.4, 0.5) is 11.4 Å². The topological polar surface area (TPSA) is 147 Å². The maximum Gasteiger partial charge on any atom is 0.269 e. The van der Waals surface area contributed by atoms with Gasteiger partial charge in [-0.3, -0.25) is 39.1 Å². The molecule has 4 aliphatic rings. The van der Waals surface area contributed by atoms with Crippen molar-refractivity contribution in [3.8, 4) is 11.5 Å². The van der Waals surface area contributed by atoms with E-state index in [1.54, 1.807) is 18.2 Å². The number of likely N-dealkylation sites (tertiary alicyclic amines) is 1. The number of rotatable bonds is 4. The molecule has 0 bridgehead atoms. The van der Waals surface area contributed by atoms with E-state index in [9.17, 15) is 34.4 Å². The normalized spacial score (nSPS) is 32.4. The van der Waals surface area contributed by atoms with Crippen LogP contribution in [0.1, 0.15) is 24.3 Å². The number of aromatic hydroxyl groups is 1. The third-order valence-electron chi connectivity index (χ3n) is 8.89. The van der Waals surface area contributed by atoms with Crippen LogP contribution in [-0.4, -0.2) is 62.5 Å². The van der Waals surface area contributed by atoms with Gasteiger partial charge in [-0.2, -0.15) is 0 Å². The number of anilines is 1. The molecule has 2 aliphatic carbocycles. The average Bonchev–Trinajstić information content (AvgIpc) is 3.28. The number of benzene rings is 2. The summed E-state index contributed by atoms with van der Waals surface area (Å²) in [5, 5.41) is 22.3. The number of phenolic OH excluding ortho intramolecular Hbond substituents is 1. The van der Waals surface area contributed by atoms with Gasteiger partial charge < -0.3 is 9.84 Å². The number of imide groups is 2. The summed E-state index contributed by atoms with van der Waals surface area (Å²) in [6.45, 7) is 0. The number of fused-ring (bicyclic) bond motifs is 4. The summed E-state index contributed by atoms with van der Waals surface area (Å²) >= 11 is 14.2. The minimum absolute atomic E-state index is 0.112. The number of nitro groups is 1. The average molecular weight is 600 g/mol. The Labute approximate surface area is 243 Å². The second-order valence-electron chi connectivity index (χ2n) is 10.7. The highest BCUT2D eigenvalue weighted by Crippen LogP contribution is 2.66. The van der Waals surface area contributed by atoms with Crippen LogP contribution in [0.3, 0.4) is 0 Å². The molecule has 2 heterocycles. The molecule has 2 aromatic carbocycles. The minimum atomic E-state index is -2.04. The quantitative estimate of drug-likeness (QED) is 0.184. The maximum absolute atomic E-state index is 14.0. The molecular weight excluding hydrogens is 577 g/mol. The molecule has 41 heavy (non-hydrogen) atoms. The zero-order valence-electron chi connectivity index (χ0n) is 21.7. The summed E-state index contributed by atoms with van der Waals surface area (Å²) in [5.74, 6) is -6.35. The number of allylic oxidation sites excluding steroid dienone is 2. The molecule has 0 aromatic heterocycles. The van der Waals surface area contributed by atoms with E-state index in [-0.39, 0.29) is 41.3 Å². The van der Waals surface area contributed by atoms with Gasteiger partial charge in [0.2, 0.25) is 11.8 Å². The predicted molar refractivity (Wildman–Crippen MR) is 146 cm³/mol. The number of methoxy groups -OCH3 is 1. The molecule has 1 N–H and O–H groups in total. The summed E-state index contributed by atoms with van der Waals surface area (Å²) in [4.78, 5) is 63.0. The Kier molecular flexibility index (Phi) is 5.99. The summed E-state index contributed by atoms with van der Waals surface area (Å²) in [7, 11) is 2.64. The van der Waals surface area contributed by atoms with Crippen LogP contribution in [0.15, 0.2) is 54.1 Å². The van der Waals surface area contributed by atoms with E-state index >= 15 is 0 Å². The zero-order chi connectivity index (χ0) is 29.6. The molecule has 6 unspecified atom stereocenters. The van der Waals surface area contributed by atoms with E-state index in [0.717, 1.165) is 9.80 Å². The largest absolute Gasteiger partial charge is 0.504 e. The first-order valence-corrected chi connectivity index (χ1v) is 13.5. The molecule has 0 spiro atoms. The van der Waals surface area contributed by atoms with Gasteiger partial charge in [0, 0.05) is 30.7 Å². The SMILES string of the molecule is COc1cccc(C2C3=CCC4C(=O)N(c5ccc([N+](=O)[O-])cc5)C(=O)C4C3CC3(Cl)C(=O)N(C)C(=O)C23Cl)c1O. The van der Waals surface area contributed by atoms with Crippen molar-refractivity contribution in [3.63, 3.8) is 0 Å². The number of ether oxygens (including phenoxy) is 1. The minimum Gasteiger partial charge on any atom is -0.504 e. The Bertz CT molecular complexity index is 1590. The van der Waals surface area contributed by atoms with Crippen molar-refractivity contribution in [1.82, 2.24) is 4.90 Å². The molecule has 2 aliphatic heterocycles. The molecule has 2 aromatic rings. The van der Waals surface area contributed by atoms with Crippen molar-refractivity contribution in [2.75, 3.05) is 19.1 Å². The highest BCUT2D eigenvalue weighted by Gasteiger charge is 2.76. The Morgan fingerprint density at radius 1 is 1.02 bits per heavy atom. The molecule has 2 saturated heterocycles. The smallest absolute Gasteiger partial charge is 0.269 e. The number of amides is 4. The van der Waals surface area contributed by atoms with Crippen molar-refractivity contribution < 1.29 is 33.9 Å². The van der Waals surface area contributed by atoms with Gasteiger partial charge in [-0.15, -0.1) is 23.2 Å². The third-order valence-corrected chi connectivity index (χ3v) is 10.3. The highest BCUT2D eigenvalue weighted by molar-refractivity contribution is 6.53. The Morgan fingerprint density at radius 2 is 1.71 bits per heavy atom. The summed E-state index contributed by atoms with van der Waals surface area (Å²) in [6, 6.07) is 9.76. The molecule has 0 radical (unpaired) electrons. The van der Waals surface area contributed by atoms with E-state index in [1.165, 1.54) is 44.5 Å². The van der Waals surface area contributed by atoms with Crippen LogP contribution < -0.4 is 9.64 Å². The van der Waals surface area contributed by atoms with Crippen LogP contribution >= 0.6 is 23.2 Å². The van der Waals surface area contributed by atoms with Gasteiger partial charge >= 0.3 is 0 Å². The highest BCUT2D eigenvalue weighted by atomic mass is 35.5. The first-order chi connectivity index (χ1) is 19.4. The van der Waals surface area contributed by atoms with Gasteiger partial charge in [-0.1, -0.05) is 23.8 Å². The van der Waals surface area contributed by atoms with Crippen molar-refractivity contribution in [2.24, 2.45) is 17.8 Å². The molecule has 6 rings (SSSR count). The fourth-order valence-electron chi connectivity index (χ4n) is 7.00. The maximum atomic E-state index is 14.0. The molecule has 4 amide bonds. The number of hydrogen-bond acceptors (Lipinski definition) is 8. The number of nitro benzene ring substituents is 1. The number of carbonyl (C=O) groups excluding carboxylic acids is 4. The van der Waals surface area contributed by atoms with E-state index < -0.39 is 62.0 Å². The molecule has 13 heteroatoms. The number of non-ortho nitro benzene ring substituents is 1. The molecule has 6 atom stereocenters. The fraction of sp³-hybridized carbons (Fsp3) is 0.357. The van der Waals surface area contributed by atoms with Crippen molar-refractivity contribution in [1.29, 1.82) is 0 Å². The van der Waals surface area contributed by atoms with Crippen LogP contribution in [0, 0.1) is 27.9 Å². The number of alkyl halides is 2. The van der Waals surface area contributed by atoms with E-state index in [2.05, 4.69) is 0 Å². The number of hydrogen-bond donors (Lipinski definition) is 1. The third kappa shape index (κ3) is 3.39. The summed E-state index contributed by atoms with van der Waals surface area (Å²) in [6.07, 6.45) is 1.68. The molecule has 3 fully saturated rings. The Morgan fingerprint density at radius 3 is 2.34 bits per heavy atom. The Hall–Kier alpha value is -3.96. The lowest BCUT2D eigenvalue weighted by Gasteiger charge is -2.50. The first kappa shape index (κ1) is 27.2. The second kappa shape index (κ2) is 9.02. The van der Waals surface area contributed by atoms with Crippen LogP contribution in [0.25, 0.3) is 0 Å². The van der Waals surface area contributed by atoms with Gasteiger partial charge in [-0.05, 0) is 37.0 Å². The molecular formula is C28H23Cl2N3O8.